The van der Waals surface area contributed by atoms with Crippen molar-refractivity contribution in [2.24, 2.45) is 0 Å². The van der Waals surface area contributed by atoms with Crippen molar-refractivity contribution in [1.29, 1.82) is 0 Å². The quantitative estimate of drug-likeness (QED) is 0.611. The van der Waals surface area contributed by atoms with Crippen molar-refractivity contribution < 1.29 is 14.5 Å². The molecule has 0 spiro atoms. The number of hydrogen-bond acceptors (Lipinski definition) is 6. The first-order valence-corrected chi connectivity index (χ1v) is 5.45. The summed E-state index contributed by atoms with van der Waals surface area (Å²) < 4.78 is 7.11. The van der Waals surface area contributed by atoms with Crippen molar-refractivity contribution in [3.63, 3.8) is 0 Å². The van der Waals surface area contributed by atoms with Crippen LogP contribution in [-0.2, 0) is 4.74 Å². The van der Waals surface area contributed by atoms with Gasteiger partial charge in [-0.2, -0.15) is 9.55 Å². The van der Waals surface area contributed by atoms with Crippen molar-refractivity contribution in [2.45, 2.75) is 13.8 Å². The van der Waals surface area contributed by atoms with Crippen LogP contribution in [0.3, 0.4) is 0 Å². The summed E-state index contributed by atoms with van der Waals surface area (Å²) in [6.07, 6.45) is 3.18. The van der Waals surface area contributed by atoms with E-state index < -0.39 is 11.0 Å². The van der Waals surface area contributed by atoms with E-state index in [2.05, 4.69) is 9.97 Å². The van der Waals surface area contributed by atoms with Gasteiger partial charge in [0, 0.05) is 13.1 Å². The molecule has 100 valence electrons. The number of aryl methyl sites for hydroxylation is 1. The Morgan fingerprint density at radius 1 is 1.53 bits per heavy atom. The van der Waals surface area contributed by atoms with E-state index in [4.69, 9.17) is 4.74 Å². The third-order valence-corrected chi connectivity index (χ3v) is 2.39. The molecule has 2 heterocycles. The highest BCUT2D eigenvalue weighted by Crippen LogP contribution is 2.19. The molecule has 2 aromatic heterocycles. The van der Waals surface area contributed by atoms with E-state index >= 15 is 0 Å². The van der Waals surface area contributed by atoms with E-state index in [0.717, 1.165) is 10.8 Å². The van der Waals surface area contributed by atoms with Crippen LogP contribution in [0, 0.1) is 17.0 Å². The Morgan fingerprint density at radius 3 is 2.89 bits per heavy atom. The van der Waals surface area contributed by atoms with Gasteiger partial charge in [0.25, 0.3) is 0 Å². The van der Waals surface area contributed by atoms with E-state index in [1.807, 2.05) is 0 Å². The van der Waals surface area contributed by atoms with Crippen LogP contribution in [0.15, 0.2) is 18.6 Å². The molecule has 0 fully saturated rings. The minimum absolute atomic E-state index is 0.0696. The lowest BCUT2D eigenvalue weighted by Crippen LogP contribution is -2.18. The Bertz CT molecular complexity index is 630. The molecule has 0 aliphatic heterocycles. The van der Waals surface area contributed by atoms with Crippen LogP contribution >= 0.6 is 0 Å². The molecule has 0 N–H and O–H groups in total. The van der Waals surface area contributed by atoms with Crippen LogP contribution in [0.4, 0.5) is 10.6 Å². The fourth-order valence-corrected chi connectivity index (χ4v) is 1.60. The maximum absolute atomic E-state index is 11.7. The average Bonchev–Trinajstić information content (AvgIpc) is 2.94. The van der Waals surface area contributed by atoms with E-state index in [-0.39, 0.29) is 18.4 Å². The van der Waals surface area contributed by atoms with Gasteiger partial charge in [-0.3, -0.25) is 0 Å². The second-order valence-electron chi connectivity index (χ2n) is 3.55. The number of rotatable bonds is 3. The Labute approximate surface area is 107 Å². The number of nitro groups is 1. The lowest BCUT2D eigenvalue weighted by molar-refractivity contribution is -0.391. The maximum Gasteiger partial charge on any atom is 0.422 e. The predicted octanol–water partition coefficient (Wildman–Crippen LogP) is 1.29. The molecule has 0 atom stereocenters. The number of imidazole rings is 2. The summed E-state index contributed by atoms with van der Waals surface area (Å²) in [6.45, 7) is 3.44. The van der Waals surface area contributed by atoms with Crippen LogP contribution in [-0.4, -0.2) is 36.7 Å². The monoisotopic (exact) mass is 265 g/mol. The minimum atomic E-state index is -0.655. The molecule has 0 unspecified atom stereocenters. The van der Waals surface area contributed by atoms with Crippen molar-refractivity contribution >= 4 is 11.9 Å². The number of carbonyl (C=O) groups excluding carboxylic acids is 1. The summed E-state index contributed by atoms with van der Waals surface area (Å²) in [7, 11) is 0. The first-order chi connectivity index (χ1) is 9.06. The summed E-state index contributed by atoms with van der Waals surface area (Å²) >= 11 is 0. The molecule has 19 heavy (non-hydrogen) atoms. The summed E-state index contributed by atoms with van der Waals surface area (Å²) in [5.74, 6) is 0.151. The first-order valence-electron chi connectivity index (χ1n) is 5.45. The molecule has 0 aliphatic carbocycles. The molecule has 2 rings (SSSR count). The summed E-state index contributed by atoms with van der Waals surface area (Å²) in [5, 5.41) is 10.9. The third-order valence-electron chi connectivity index (χ3n) is 2.39. The molecule has 0 saturated carbocycles. The largest absolute Gasteiger partial charge is 0.449 e. The zero-order valence-electron chi connectivity index (χ0n) is 10.3. The van der Waals surface area contributed by atoms with Gasteiger partial charge in [-0.25, -0.2) is 9.78 Å². The van der Waals surface area contributed by atoms with Crippen LogP contribution in [0.5, 0.6) is 0 Å². The van der Waals surface area contributed by atoms with Gasteiger partial charge in [0.15, 0.2) is 0 Å². The van der Waals surface area contributed by atoms with Gasteiger partial charge < -0.3 is 14.9 Å². The van der Waals surface area contributed by atoms with Crippen molar-refractivity contribution in [3.8, 4) is 5.95 Å². The summed E-state index contributed by atoms with van der Waals surface area (Å²) in [4.78, 5) is 29.8. The van der Waals surface area contributed by atoms with Crippen LogP contribution in [0.25, 0.3) is 5.95 Å². The fourth-order valence-electron chi connectivity index (χ4n) is 1.60. The summed E-state index contributed by atoms with van der Waals surface area (Å²) in [5.41, 5.74) is 0. The van der Waals surface area contributed by atoms with Gasteiger partial charge in [-0.15, -0.1) is 4.57 Å². The summed E-state index contributed by atoms with van der Waals surface area (Å²) in [6, 6.07) is 0. The average molecular weight is 265 g/mol. The van der Waals surface area contributed by atoms with Gasteiger partial charge in [0.2, 0.25) is 5.82 Å². The normalized spacial score (nSPS) is 10.4. The topological polar surface area (TPSA) is 105 Å². The highest BCUT2D eigenvalue weighted by molar-refractivity contribution is 5.72. The standard InChI is InChI=1S/C10H11N5O4/c1-3-19-10(16)13-5-4-11-9(13)14-7(2)12-6-8(14)15(17)18/h4-6H,3H2,1-2H3. The van der Waals surface area contributed by atoms with Crippen LogP contribution < -0.4 is 0 Å². The fraction of sp³-hybridized carbons (Fsp3) is 0.300. The molecule has 0 radical (unpaired) electrons. The number of aromatic nitrogens is 4. The Hall–Kier alpha value is -2.71. The van der Waals surface area contributed by atoms with Crippen molar-refractivity contribution in [3.05, 3.63) is 34.5 Å². The van der Waals surface area contributed by atoms with E-state index in [1.165, 1.54) is 17.0 Å². The van der Waals surface area contributed by atoms with Gasteiger partial charge in [0.1, 0.15) is 6.20 Å². The van der Waals surface area contributed by atoms with Crippen LogP contribution in [0.1, 0.15) is 12.7 Å². The molecule has 2 aromatic rings. The molecule has 0 bridgehead atoms. The molecule has 0 aliphatic rings. The Morgan fingerprint density at radius 2 is 2.26 bits per heavy atom. The molecular formula is C10H11N5O4. The number of nitrogens with zero attached hydrogens (tertiary/aromatic N) is 5. The maximum atomic E-state index is 11.7. The molecule has 9 nitrogen and oxygen atoms in total. The smallest absolute Gasteiger partial charge is 0.422 e. The Balaban J connectivity index is 2.54. The Kier molecular flexibility index (Phi) is 3.27. The molecule has 0 aromatic carbocycles. The lowest BCUT2D eigenvalue weighted by Gasteiger charge is -2.05. The second-order valence-corrected chi connectivity index (χ2v) is 3.55. The van der Waals surface area contributed by atoms with Crippen LogP contribution in [0.2, 0.25) is 0 Å². The highest BCUT2D eigenvalue weighted by Gasteiger charge is 2.26. The van der Waals surface area contributed by atoms with Gasteiger partial charge in [-0.1, -0.05) is 0 Å². The molecule has 9 heteroatoms. The van der Waals surface area contributed by atoms with E-state index in [1.54, 1.807) is 13.8 Å². The minimum Gasteiger partial charge on any atom is -0.449 e. The van der Waals surface area contributed by atoms with Gasteiger partial charge >= 0.3 is 17.9 Å². The number of carbonyl (C=O) groups is 1. The predicted molar refractivity (Wildman–Crippen MR) is 63.2 cm³/mol. The number of ether oxygens (including phenoxy) is 1. The van der Waals surface area contributed by atoms with Gasteiger partial charge in [-0.05, 0) is 11.8 Å². The van der Waals surface area contributed by atoms with Crippen molar-refractivity contribution in [1.82, 2.24) is 19.1 Å². The zero-order valence-corrected chi connectivity index (χ0v) is 10.3. The zero-order chi connectivity index (χ0) is 14.0. The lowest BCUT2D eigenvalue weighted by atomic mass is 10.6. The molecule has 0 amide bonds. The number of hydrogen-bond donors (Lipinski definition) is 0. The van der Waals surface area contributed by atoms with Crippen molar-refractivity contribution in [2.75, 3.05) is 6.61 Å². The second kappa shape index (κ2) is 4.88. The SMILES string of the molecule is CCOC(=O)n1ccnc1-n1c([N+](=O)[O-])cnc1C. The molecule has 0 saturated heterocycles. The third kappa shape index (κ3) is 2.17. The first kappa shape index (κ1) is 12.7. The van der Waals surface area contributed by atoms with Gasteiger partial charge in [0.05, 0.1) is 12.8 Å². The highest BCUT2D eigenvalue weighted by atomic mass is 16.6. The van der Waals surface area contributed by atoms with E-state index in [0.29, 0.717) is 5.82 Å². The van der Waals surface area contributed by atoms with E-state index in [9.17, 15) is 14.9 Å². The molecular weight excluding hydrogens is 254 g/mol.